The molecule has 0 bridgehead atoms. The van der Waals surface area contributed by atoms with Crippen LogP contribution in [0.3, 0.4) is 0 Å². The van der Waals surface area contributed by atoms with Crippen molar-refractivity contribution < 1.29 is 4.79 Å². The summed E-state index contributed by atoms with van der Waals surface area (Å²) in [7, 11) is 0. The summed E-state index contributed by atoms with van der Waals surface area (Å²) in [5.41, 5.74) is 3.18. The lowest BCUT2D eigenvalue weighted by Crippen LogP contribution is -2.38. The van der Waals surface area contributed by atoms with Crippen molar-refractivity contribution in [3.05, 3.63) is 29.3 Å². The van der Waals surface area contributed by atoms with Crippen molar-refractivity contribution in [1.29, 1.82) is 0 Å². The van der Waals surface area contributed by atoms with Gasteiger partial charge in [0.15, 0.2) is 0 Å². The van der Waals surface area contributed by atoms with Crippen molar-refractivity contribution in [2.75, 3.05) is 24.7 Å². The summed E-state index contributed by atoms with van der Waals surface area (Å²) in [6.45, 7) is 1.80. The summed E-state index contributed by atoms with van der Waals surface area (Å²) in [6.07, 6.45) is 9.31. The smallest absolute Gasteiger partial charge is 0.251 e. The van der Waals surface area contributed by atoms with Crippen LogP contribution in [0.2, 0.25) is 0 Å². The molecule has 1 amide bonds. The number of carbonyl (C=O) groups excluding carboxylic acids is 1. The van der Waals surface area contributed by atoms with E-state index in [9.17, 15) is 4.79 Å². The van der Waals surface area contributed by atoms with Crippen molar-refractivity contribution >= 4 is 23.4 Å². The molecule has 3 rings (SSSR count). The van der Waals surface area contributed by atoms with Gasteiger partial charge in [0.1, 0.15) is 0 Å². The molecule has 4 heteroatoms. The molecule has 0 unspecified atom stereocenters. The minimum Gasteiger partial charge on any atom is -0.385 e. The van der Waals surface area contributed by atoms with Crippen molar-refractivity contribution in [3.63, 3.8) is 0 Å². The molecular formula is C17H24N2OS. The van der Waals surface area contributed by atoms with E-state index >= 15 is 0 Å². The Labute approximate surface area is 131 Å². The Morgan fingerprint density at radius 1 is 1.33 bits per heavy atom. The fraction of sp³-hybridized carbons (Fsp3) is 0.588. The normalized spacial score (nSPS) is 19.7. The SMILES string of the molecule is CSC1(CNC(=O)c2cccc3c2CCCN3)CCCC1. The molecule has 0 atom stereocenters. The van der Waals surface area contributed by atoms with Crippen LogP contribution in [0.15, 0.2) is 18.2 Å². The molecule has 0 radical (unpaired) electrons. The third-order valence-corrected chi connectivity index (χ3v) is 6.28. The molecule has 1 heterocycles. The van der Waals surface area contributed by atoms with Crippen LogP contribution in [-0.4, -0.2) is 30.0 Å². The number of hydrogen-bond acceptors (Lipinski definition) is 3. The highest BCUT2D eigenvalue weighted by Crippen LogP contribution is 2.39. The van der Waals surface area contributed by atoms with E-state index in [0.717, 1.165) is 37.2 Å². The van der Waals surface area contributed by atoms with Gasteiger partial charge in [0.05, 0.1) is 0 Å². The van der Waals surface area contributed by atoms with Crippen molar-refractivity contribution in [1.82, 2.24) is 5.32 Å². The van der Waals surface area contributed by atoms with E-state index in [1.165, 1.54) is 31.2 Å². The molecule has 2 N–H and O–H groups in total. The van der Waals surface area contributed by atoms with Gasteiger partial charge in [0.2, 0.25) is 0 Å². The number of amides is 1. The van der Waals surface area contributed by atoms with Crippen LogP contribution in [-0.2, 0) is 6.42 Å². The van der Waals surface area contributed by atoms with Gasteiger partial charge in [-0.1, -0.05) is 18.9 Å². The van der Waals surface area contributed by atoms with Gasteiger partial charge in [-0.15, -0.1) is 0 Å². The largest absolute Gasteiger partial charge is 0.385 e. The Bertz CT molecular complexity index is 524. The number of benzene rings is 1. The fourth-order valence-electron chi connectivity index (χ4n) is 3.53. The lowest BCUT2D eigenvalue weighted by molar-refractivity contribution is 0.0948. The molecule has 3 nitrogen and oxygen atoms in total. The van der Waals surface area contributed by atoms with Crippen molar-refractivity contribution in [3.8, 4) is 0 Å². The molecule has 1 fully saturated rings. The second-order valence-electron chi connectivity index (χ2n) is 6.14. The molecule has 1 aliphatic carbocycles. The number of nitrogens with one attached hydrogen (secondary N) is 2. The number of carbonyl (C=O) groups is 1. The minimum absolute atomic E-state index is 0.0934. The van der Waals surface area contributed by atoms with Gasteiger partial charge >= 0.3 is 0 Å². The first-order valence-electron chi connectivity index (χ1n) is 7.93. The van der Waals surface area contributed by atoms with Crippen LogP contribution in [0.25, 0.3) is 0 Å². The van der Waals surface area contributed by atoms with Crippen molar-refractivity contribution in [2.45, 2.75) is 43.3 Å². The molecule has 0 spiro atoms. The zero-order valence-electron chi connectivity index (χ0n) is 12.7. The molecule has 0 aromatic heterocycles. The Kier molecular flexibility index (Phi) is 4.43. The number of rotatable bonds is 4. The van der Waals surface area contributed by atoms with Gasteiger partial charge in [-0.3, -0.25) is 4.79 Å². The Hall–Kier alpha value is -1.16. The molecule has 1 aromatic carbocycles. The zero-order valence-corrected chi connectivity index (χ0v) is 13.5. The minimum atomic E-state index is 0.0934. The lowest BCUT2D eigenvalue weighted by atomic mass is 9.97. The predicted molar refractivity (Wildman–Crippen MR) is 90.3 cm³/mol. The van der Waals surface area contributed by atoms with Gasteiger partial charge < -0.3 is 10.6 Å². The zero-order chi connectivity index (χ0) is 14.7. The molecule has 114 valence electrons. The van der Waals surface area contributed by atoms with Crippen LogP contribution in [0.4, 0.5) is 5.69 Å². The van der Waals surface area contributed by atoms with E-state index in [0.29, 0.717) is 0 Å². The Balaban J connectivity index is 1.71. The average Bonchev–Trinajstić information content (AvgIpc) is 3.01. The summed E-state index contributed by atoms with van der Waals surface area (Å²) in [6, 6.07) is 6.01. The highest BCUT2D eigenvalue weighted by atomic mass is 32.2. The first-order chi connectivity index (χ1) is 10.2. The van der Waals surface area contributed by atoms with E-state index in [4.69, 9.17) is 0 Å². The third kappa shape index (κ3) is 3.05. The van der Waals surface area contributed by atoms with Crippen molar-refractivity contribution in [2.24, 2.45) is 0 Å². The first kappa shape index (κ1) is 14.8. The maximum atomic E-state index is 12.6. The predicted octanol–water partition coefficient (Wildman–Crippen LogP) is 3.45. The summed E-state index contributed by atoms with van der Waals surface area (Å²) in [4.78, 5) is 12.6. The standard InChI is InChI=1S/C17H24N2OS/c1-21-17(9-2-3-10-17)12-19-16(20)14-6-4-8-15-13(14)7-5-11-18-15/h4,6,8,18H,2-3,5,7,9-12H2,1H3,(H,19,20). The molecule has 1 saturated carbocycles. The maximum Gasteiger partial charge on any atom is 0.251 e. The van der Waals surface area contributed by atoms with Crippen LogP contribution in [0.1, 0.15) is 48.0 Å². The van der Waals surface area contributed by atoms with Gasteiger partial charge in [0, 0.05) is 29.1 Å². The quantitative estimate of drug-likeness (QED) is 0.895. The van der Waals surface area contributed by atoms with E-state index in [1.807, 2.05) is 23.9 Å². The third-order valence-electron chi connectivity index (χ3n) is 4.86. The van der Waals surface area contributed by atoms with Gasteiger partial charge in [-0.2, -0.15) is 11.8 Å². The Morgan fingerprint density at radius 2 is 2.14 bits per heavy atom. The van der Waals surface area contributed by atoms with Gasteiger partial charge in [-0.25, -0.2) is 0 Å². The molecule has 1 aromatic rings. The highest BCUT2D eigenvalue weighted by molar-refractivity contribution is 8.00. The Morgan fingerprint density at radius 3 is 2.90 bits per heavy atom. The second-order valence-corrected chi connectivity index (χ2v) is 7.41. The number of hydrogen-bond donors (Lipinski definition) is 2. The maximum absolute atomic E-state index is 12.6. The number of anilines is 1. The molecule has 2 aliphatic rings. The number of thioether (sulfide) groups is 1. The monoisotopic (exact) mass is 304 g/mol. The second kappa shape index (κ2) is 6.30. The van der Waals surface area contributed by atoms with Crippen LogP contribution < -0.4 is 10.6 Å². The summed E-state index contributed by atoms with van der Waals surface area (Å²) >= 11 is 1.92. The number of fused-ring (bicyclic) bond motifs is 1. The van der Waals surface area contributed by atoms with E-state index in [1.54, 1.807) is 0 Å². The van der Waals surface area contributed by atoms with Gasteiger partial charge in [0.25, 0.3) is 5.91 Å². The van der Waals surface area contributed by atoms with Crippen LogP contribution in [0, 0.1) is 0 Å². The van der Waals surface area contributed by atoms with E-state index < -0.39 is 0 Å². The fourth-order valence-corrected chi connectivity index (χ4v) is 4.45. The van der Waals surface area contributed by atoms with Crippen LogP contribution in [0.5, 0.6) is 0 Å². The molecule has 1 aliphatic heterocycles. The first-order valence-corrected chi connectivity index (χ1v) is 9.16. The topological polar surface area (TPSA) is 41.1 Å². The average molecular weight is 304 g/mol. The molecule has 21 heavy (non-hydrogen) atoms. The molecule has 0 saturated heterocycles. The van der Waals surface area contributed by atoms with Gasteiger partial charge in [-0.05, 0) is 49.6 Å². The molecular weight excluding hydrogens is 280 g/mol. The highest BCUT2D eigenvalue weighted by Gasteiger charge is 2.33. The van der Waals surface area contributed by atoms with Crippen LogP contribution >= 0.6 is 11.8 Å². The summed E-state index contributed by atoms with van der Waals surface area (Å²) in [5.74, 6) is 0.0934. The summed E-state index contributed by atoms with van der Waals surface area (Å²) in [5, 5.41) is 6.58. The summed E-state index contributed by atoms with van der Waals surface area (Å²) < 4.78 is 0.267. The lowest BCUT2D eigenvalue weighted by Gasteiger charge is -2.27. The van der Waals surface area contributed by atoms with E-state index in [-0.39, 0.29) is 10.7 Å². The van der Waals surface area contributed by atoms with E-state index in [2.05, 4.69) is 23.0 Å².